The lowest BCUT2D eigenvalue weighted by molar-refractivity contribution is -0.119. The summed E-state index contributed by atoms with van der Waals surface area (Å²) < 4.78 is 11.8. The van der Waals surface area contributed by atoms with E-state index in [0.29, 0.717) is 10.0 Å². The second kappa shape index (κ2) is 10.2. The number of ether oxygens (including phenoxy) is 1. The fourth-order valence-electron chi connectivity index (χ4n) is 2.39. The van der Waals surface area contributed by atoms with Crippen LogP contribution >= 0.6 is 31.9 Å². The van der Waals surface area contributed by atoms with Gasteiger partial charge < -0.3 is 14.5 Å². The highest BCUT2D eigenvalue weighted by Gasteiger charge is 2.17. The molecule has 0 atom stereocenters. The first-order valence-corrected chi connectivity index (χ1v) is 10.4. The molecule has 0 unspecified atom stereocenters. The van der Waals surface area contributed by atoms with Gasteiger partial charge in [-0.05, 0) is 59.3 Å². The Labute approximate surface area is 189 Å². The fraction of sp³-hybridized carbons (Fsp3) is 0.0952. The molecule has 0 aliphatic heterocycles. The van der Waals surface area contributed by atoms with Crippen molar-refractivity contribution < 1.29 is 18.7 Å². The number of carbonyl (C=O) groups excluding carboxylic acids is 2. The Morgan fingerprint density at radius 1 is 1.17 bits per heavy atom. The highest BCUT2D eigenvalue weighted by Crippen LogP contribution is 2.32. The molecule has 1 aromatic heterocycles. The number of nitrogens with zero attached hydrogens (tertiary/aromatic N) is 1. The Morgan fingerprint density at radius 2 is 1.93 bits per heavy atom. The minimum absolute atomic E-state index is 0.0584. The number of rotatable bonds is 7. The Kier molecular flexibility index (Phi) is 7.42. The number of amides is 1. The van der Waals surface area contributed by atoms with Crippen LogP contribution in [0.5, 0.6) is 5.75 Å². The van der Waals surface area contributed by atoms with Gasteiger partial charge in [0.05, 0.1) is 23.5 Å². The lowest BCUT2D eigenvalue weighted by Crippen LogP contribution is -2.25. The topological polar surface area (TPSA) is 92.9 Å². The number of carbonyl (C=O) groups is 2. The molecule has 0 bridgehead atoms. The van der Waals surface area contributed by atoms with E-state index in [4.69, 9.17) is 9.15 Å². The van der Waals surface area contributed by atoms with Crippen LogP contribution < -0.4 is 15.5 Å². The van der Waals surface area contributed by atoms with Crippen molar-refractivity contribution in [3.8, 4) is 5.75 Å². The van der Waals surface area contributed by atoms with Crippen LogP contribution in [0.1, 0.15) is 21.7 Å². The average molecular weight is 535 g/mol. The first-order chi connectivity index (χ1) is 14.4. The number of aryl methyl sites for hydroxylation is 1. The van der Waals surface area contributed by atoms with E-state index in [0.717, 1.165) is 15.7 Å². The first-order valence-electron chi connectivity index (χ1n) is 8.79. The van der Waals surface area contributed by atoms with Gasteiger partial charge in [-0.2, -0.15) is 5.10 Å². The summed E-state index contributed by atoms with van der Waals surface area (Å²) in [5.74, 6) is -0.655. The van der Waals surface area contributed by atoms with Crippen LogP contribution in [0, 0.1) is 6.92 Å². The smallest absolute Gasteiger partial charge is 0.379 e. The van der Waals surface area contributed by atoms with E-state index in [2.05, 4.69) is 47.7 Å². The number of esters is 1. The van der Waals surface area contributed by atoms with Crippen LogP contribution in [0.15, 0.2) is 73.3 Å². The Bertz CT molecular complexity index is 1060. The molecule has 2 aromatic carbocycles. The van der Waals surface area contributed by atoms with Crippen molar-refractivity contribution >= 4 is 55.6 Å². The molecule has 1 amide bonds. The molecule has 0 radical (unpaired) electrons. The number of hydrogen-bond acceptors (Lipinski definition) is 6. The van der Waals surface area contributed by atoms with Crippen molar-refractivity contribution in [1.29, 1.82) is 0 Å². The summed E-state index contributed by atoms with van der Waals surface area (Å²) in [7, 11) is 0. The molecule has 7 nitrogen and oxygen atoms in total. The standard InChI is InChI=1S/C21H17Br2N3O4/c1-13-4-6-16(7-5-13)24-12-19(27)26-25-11-14-9-15(22)10-17(23)20(14)30-21(28)18-3-2-8-29-18/h2-11,24H,12H2,1H3,(H,26,27)/b25-11+. The summed E-state index contributed by atoms with van der Waals surface area (Å²) in [6.07, 6.45) is 2.78. The van der Waals surface area contributed by atoms with Crippen molar-refractivity contribution in [3.05, 3.63) is 80.6 Å². The monoisotopic (exact) mass is 533 g/mol. The maximum atomic E-state index is 12.2. The van der Waals surface area contributed by atoms with Crippen LogP contribution in [0.3, 0.4) is 0 Å². The molecule has 3 rings (SSSR count). The maximum Gasteiger partial charge on any atom is 0.379 e. The van der Waals surface area contributed by atoms with Gasteiger partial charge in [-0.1, -0.05) is 33.6 Å². The predicted molar refractivity (Wildman–Crippen MR) is 121 cm³/mol. The van der Waals surface area contributed by atoms with Gasteiger partial charge in [0, 0.05) is 15.7 Å². The third-order valence-electron chi connectivity index (χ3n) is 3.85. The first kappa shape index (κ1) is 21.8. The van der Waals surface area contributed by atoms with Gasteiger partial charge in [-0.15, -0.1) is 0 Å². The van der Waals surface area contributed by atoms with Gasteiger partial charge in [0.25, 0.3) is 5.91 Å². The van der Waals surface area contributed by atoms with Gasteiger partial charge in [0.15, 0.2) is 5.75 Å². The molecular formula is C21H17Br2N3O4. The lowest BCUT2D eigenvalue weighted by atomic mass is 10.2. The zero-order valence-corrected chi connectivity index (χ0v) is 19.0. The van der Waals surface area contributed by atoms with Crippen LogP contribution in [-0.2, 0) is 4.79 Å². The molecule has 0 fully saturated rings. The Hall–Kier alpha value is -2.91. The molecule has 154 valence electrons. The third kappa shape index (κ3) is 6.04. The summed E-state index contributed by atoms with van der Waals surface area (Å²) in [4.78, 5) is 24.2. The van der Waals surface area contributed by atoms with E-state index in [-0.39, 0.29) is 24.0 Å². The van der Waals surface area contributed by atoms with Gasteiger partial charge in [0.1, 0.15) is 0 Å². The van der Waals surface area contributed by atoms with Crippen molar-refractivity contribution in [2.75, 3.05) is 11.9 Å². The number of halogens is 2. The summed E-state index contributed by atoms with van der Waals surface area (Å²) in [6.45, 7) is 2.05. The maximum absolute atomic E-state index is 12.2. The molecule has 1 heterocycles. The number of anilines is 1. The predicted octanol–water partition coefficient (Wildman–Crippen LogP) is 4.89. The number of benzene rings is 2. The number of furan rings is 1. The molecule has 0 aliphatic rings. The normalized spacial score (nSPS) is 10.8. The molecule has 0 spiro atoms. The molecule has 9 heteroatoms. The van der Waals surface area contributed by atoms with Crippen molar-refractivity contribution in [1.82, 2.24) is 5.43 Å². The summed E-state index contributed by atoms with van der Waals surface area (Å²) in [5, 5.41) is 6.97. The molecule has 0 saturated carbocycles. The van der Waals surface area contributed by atoms with E-state index in [1.54, 1.807) is 18.2 Å². The lowest BCUT2D eigenvalue weighted by Gasteiger charge is -2.09. The van der Waals surface area contributed by atoms with Crippen molar-refractivity contribution in [3.63, 3.8) is 0 Å². The van der Waals surface area contributed by atoms with Crippen LogP contribution in [0.2, 0.25) is 0 Å². The summed E-state index contributed by atoms with van der Waals surface area (Å²) in [6, 6.07) is 14.2. The summed E-state index contributed by atoms with van der Waals surface area (Å²) in [5.41, 5.74) is 4.89. The Morgan fingerprint density at radius 3 is 2.63 bits per heavy atom. The molecule has 3 aromatic rings. The van der Waals surface area contributed by atoms with Gasteiger partial charge in [-0.3, -0.25) is 4.79 Å². The fourth-order valence-corrected chi connectivity index (χ4v) is 3.73. The number of hydrazone groups is 1. The molecule has 0 saturated heterocycles. The zero-order chi connectivity index (χ0) is 21.5. The van der Waals surface area contributed by atoms with E-state index < -0.39 is 5.97 Å². The van der Waals surface area contributed by atoms with E-state index >= 15 is 0 Å². The summed E-state index contributed by atoms with van der Waals surface area (Å²) >= 11 is 6.75. The van der Waals surface area contributed by atoms with Crippen LogP contribution in [0.25, 0.3) is 0 Å². The molecule has 2 N–H and O–H groups in total. The van der Waals surface area contributed by atoms with Crippen LogP contribution in [-0.4, -0.2) is 24.6 Å². The van der Waals surface area contributed by atoms with Gasteiger partial charge in [-0.25, -0.2) is 10.2 Å². The van der Waals surface area contributed by atoms with Crippen LogP contribution in [0.4, 0.5) is 5.69 Å². The number of hydrogen-bond donors (Lipinski definition) is 2. The second-order valence-corrected chi connectivity index (χ2v) is 7.96. The minimum Gasteiger partial charge on any atom is -0.457 e. The molecule has 30 heavy (non-hydrogen) atoms. The average Bonchev–Trinajstić information content (AvgIpc) is 3.25. The zero-order valence-electron chi connectivity index (χ0n) is 15.8. The number of nitrogens with one attached hydrogen (secondary N) is 2. The Balaban J connectivity index is 1.64. The second-order valence-electron chi connectivity index (χ2n) is 6.19. The van der Waals surface area contributed by atoms with E-state index in [1.165, 1.54) is 18.5 Å². The largest absolute Gasteiger partial charge is 0.457 e. The van der Waals surface area contributed by atoms with Gasteiger partial charge >= 0.3 is 5.97 Å². The quantitative estimate of drug-likeness (QED) is 0.195. The minimum atomic E-state index is -0.649. The molecular weight excluding hydrogens is 518 g/mol. The van der Waals surface area contributed by atoms with Crippen molar-refractivity contribution in [2.24, 2.45) is 5.10 Å². The van der Waals surface area contributed by atoms with Gasteiger partial charge in [0.2, 0.25) is 5.76 Å². The highest BCUT2D eigenvalue weighted by molar-refractivity contribution is 9.11. The third-order valence-corrected chi connectivity index (χ3v) is 4.90. The van der Waals surface area contributed by atoms with Crippen molar-refractivity contribution in [2.45, 2.75) is 6.92 Å². The molecule has 0 aliphatic carbocycles. The SMILES string of the molecule is Cc1ccc(NCC(=O)N/N=C/c2cc(Br)cc(Br)c2OC(=O)c2ccco2)cc1. The highest BCUT2D eigenvalue weighted by atomic mass is 79.9. The van der Waals surface area contributed by atoms with E-state index in [1.807, 2.05) is 31.2 Å². The van der Waals surface area contributed by atoms with E-state index in [9.17, 15) is 9.59 Å².